The van der Waals surface area contributed by atoms with Gasteiger partial charge in [0.05, 0.1) is 12.2 Å². The Balaban J connectivity index is 2.16. The zero-order valence-electron chi connectivity index (χ0n) is 10.3. The third kappa shape index (κ3) is 2.94. The maximum Gasteiger partial charge on any atom is 0.211 e. The number of rotatable bonds is 4. The standard InChI is InChI=1S/C14H18N2O/c1-10(2)8-12(15)14-16-9-13(17-14)11-6-4-3-5-7-11/h3-7,9-10,12H,8,15H2,1-2H3. The molecule has 2 N–H and O–H groups in total. The highest BCUT2D eigenvalue weighted by Gasteiger charge is 2.14. The van der Waals surface area contributed by atoms with Crippen LogP contribution in [0, 0.1) is 5.92 Å². The highest BCUT2D eigenvalue weighted by molar-refractivity contribution is 5.55. The monoisotopic (exact) mass is 230 g/mol. The van der Waals surface area contributed by atoms with Crippen molar-refractivity contribution >= 4 is 0 Å². The van der Waals surface area contributed by atoms with Gasteiger partial charge in [0.2, 0.25) is 5.89 Å². The maximum absolute atomic E-state index is 6.03. The third-order valence-corrected chi connectivity index (χ3v) is 2.62. The Labute approximate surface area is 102 Å². The minimum atomic E-state index is -0.118. The van der Waals surface area contributed by atoms with E-state index in [1.165, 1.54) is 0 Å². The van der Waals surface area contributed by atoms with Crippen molar-refractivity contribution < 1.29 is 4.42 Å². The van der Waals surface area contributed by atoms with Crippen LogP contribution in [0.3, 0.4) is 0 Å². The molecule has 0 amide bonds. The van der Waals surface area contributed by atoms with Gasteiger partial charge in [0, 0.05) is 5.56 Å². The summed E-state index contributed by atoms with van der Waals surface area (Å²) in [4.78, 5) is 4.25. The van der Waals surface area contributed by atoms with Crippen LogP contribution in [0.15, 0.2) is 40.9 Å². The summed E-state index contributed by atoms with van der Waals surface area (Å²) in [6.45, 7) is 4.28. The molecule has 0 fully saturated rings. The number of hydrogen-bond donors (Lipinski definition) is 1. The van der Waals surface area contributed by atoms with Gasteiger partial charge in [-0.1, -0.05) is 44.2 Å². The molecule has 1 aromatic heterocycles. The molecule has 0 aliphatic heterocycles. The van der Waals surface area contributed by atoms with E-state index in [1.807, 2.05) is 30.3 Å². The lowest BCUT2D eigenvalue weighted by Crippen LogP contribution is -2.13. The van der Waals surface area contributed by atoms with Crippen LogP contribution in [0.25, 0.3) is 11.3 Å². The zero-order chi connectivity index (χ0) is 12.3. The van der Waals surface area contributed by atoms with Crippen LogP contribution < -0.4 is 5.73 Å². The molecule has 0 aliphatic carbocycles. The van der Waals surface area contributed by atoms with Gasteiger partial charge in [0.25, 0.3) is 0 Å². The molecule has 2 aromatic rings. The number of aromatic nitrogens is 1. The molecular formula is C14H18N2O. The minimum Gasteiger partial charge on any atom is -0.439 e. The second-order valence-corrected chi connectivity index (χ2v) is 4.66. The number of oxazole rings is 1. The highest BCUT2D eigenvalue weighted by Crippen LogP contribution is 2.24. The summed E-state index contributed by atoms with van der Waals surface area (Å²) >= 11 is 0. The minimum absolute atomic E-state index is 0.118. The van der Waals surface area contributed by atoms with Gasteiger partial charge in [-0.25, -0.2) is 4.98 Å². The summed E-state index contributed by atoms with van der Waals surface area (Å²) < 4.78 is 5.70. The molecule has 0 bridgehead atoms. The molecule has 17 heavy (non-hydrogen) atoms. The van der Waals surface area contributed by atoms with Crippen LogP contribution in [0.5, 0.6) is 0 Å². The van der Waals surface area contributed by atoms with Crippen molar-refractivity contribution in [2.45, 2.75) is 26.3 Å². The van der Waals surface area contributed by atoms with Crippen molar-refractivity contribution in [3.8, 4) is 11.3 Å². The Hall–Kier alpha value is -1.61. The molecule has 1 unspecified atom stereocenters. The van der Waals surface area contributed by atoms with Gasteiger partial charge < -0.3 is 10.2 Å². The van der Waals surface area contributed by atoms with Crippen LogP contribution in [0.4, 0.5) is 0 Å². The van der Waals surface area contributed by atoms with Gasteiger partial charge >= 0.3 is 0 Å². The van der Waals surface area contributed by atoms with E-state index in [1.54, 1.807) is 6.20 Å². The molecule has 3 nitrogen and oxygen atoms in total. The Kier molecular flexibility index (Phi) is 3.59. The largest absolute Gasteiger partial charge is 0.439 e. The van der Waals surface area contributed by atoms with Gasteiger partial charge in [-0.3, -0.25) is 0 Å². The Morgan fingerprint density at radius 2 is 1.94 bits per heavy atom. The molecular weight excluding hydrogens is 212 g/mol. The molecule has 2 rings (SSSR count). The van der Waals surface area contributed by atoms with Gasteiger partial charge in [0.1, 0.15) is 0 Å². The normalized spacial score (nSPS) is 12.9. The highest BCUT2D eigenvalue weighted by atomic mass is 16.4. The first-order chi connectivity index (χ1) is 8.16. The molecule has 0 radical (unpaired) electrons. The number of nitrogens with zero attached hydrogens (tertiary/aromatic N) is 1. The number of benzene rings is 1. The van der Waals surface area contributed by atoms with Crippen LogP contribution >= 0.6 is 0 Å². The summed E-state index contributed by atoms with van der Waals surface area (Å²) in [5.41, 5.74) is 7.06. The van der Waals surface area contributed by atoms with Crippen molar-refractivity contribution in [2.24, 2.45) is 11.7 Å². The first-order valence-corrected chi connectivity index (χ1v) is 5.93. The van der Waals surface area contributed by atoms with Crippen LogP contribution in [-0.2, 0) is 0 Å². The van der Waals surface area contributed by atoms with Gasteiger partial charge in [-0.05, 0) is 12.3 Å². The lowest BCUT2D eigenvalue weighted by atomic mass is 10.0. The fourth-order valence-electron chi connectivity index (χ4n) is 1.80. The summed E-state index contributed by atoms with van der Waals surface area (Å²) in [6.07, 6.45) is 2.62. The van der Waals surface area contributed by atoms with E-state index in [2.05, 4.69) is 18.8 Å². The molecule has 3 heteroatoms. The Morgan fingerprint density at radius 3 is 2.59 bits per heavy atom. The average molecular weight is 230 g/mol. The third-order valence-electron chi connectivity index (χ3n) is 2.62. The van der Waals surface area contributed by atoms with E-state index in [0.29, 0.717) is 11.8 Å². The Bertz CT molecular complexity index is 462. The van der Waals surface area contributed by atoms with Crippen LogP contribution in [0.2, 0.25) is 0 Å². The SMILES string of the molecule is CC(C)CC(N)c1ncc(-c2ccccc2)o1. The molecule has 90 valence electrons. The van der Waals surface area contributed by atoms with Crippen molar-refractivity contribution in [3.63, 3.8) is 0 Å². The fraction of sp³-hybridized carbons (Fsp3) is 0.357. The van der Waals surface area contributed by atoms with Crippen LogP contribution in [-0.4, -0.2) is 4.98 Å². The zero-order valence-corrected chi connectivity index (χ0v) is 10.3. The lowest BCUT2D eigenvalue weighted by molar-refractivity contribution is 0.408. The second kappa shape index (κ2) is 5.15. The van der Waals surface area contributed by atoms with Crippen LogP contribution in [0.1, 0.15) is 32.2 Å². The molecule has 0 saturated heterocycles. The van der Waals surface area contributed by atoms with Gasteiger partial charge in [-0.2, -0.15) is 0 Å². The molecule has 1 aromatic carbocycles. The van der Waals surface area contributed by atoms with E-state index in [9.17, 15) is 0 Å². The predicted molar refractivity (Wildman–Crippen MR) is 68.3 cm³/mol. The van der Waals surface area contributed by atoms with Gasteiger partial charge in [0.15, 0.2) is 5.76 Å². The van der Waals surface area contributed by atoms with Crippen molar-refractivity contribution in [2.75, 3.05) is 0 Å². The predicted octanol–water partition coefficient (Wildman–Crippen LogP) is 3.39. The van der Waals surface area contributed by atoms with E-state index >= 15 is 0 Å². The smallest absolute Gasteiger partial charge is 0.211 e. The summed E-state index contributed by atoms with van der Waals surface area (Å²) in [5.74, 6) is 1.94. The summed E-state index contributed by atoms with van der Waals surface area (Å²) in [5, 5.41) is 0. The van der Waals surface area contributed by atoms with Crippen molar-refractivity contribution in [1.29, 1.82) is 0 Å². The number of hydrogen-bond acceptors (Lipinski definition) is 3. The molecule has 0 aliphatic rings. The van der Waals surface area contributed by atoms with Gasteiger partial charge in [-0.15, -0.1) is 0 Å². The average Bonchev–Trinajstić information content (AvgIpc) is 2.78. The van der Waals surface area contributed by atoms with E-state index in [-0.39, 0.29) is 6.04 Å². The first-order valence-electron chi connectivity index (χ1n) is 5.93. The summed E-state index contributed by atoms with van der Waals surface area (Å²) in [6, 6.07) is 9.81. The lowest BCUT2D eigenvalue weighted by Gasteiger charge is -2.09. The molecule has 1 heterocycles. The van der Waals surface area contributed by atoms with E-state index < -0.39 is 0 Å². The van der Waals surface area contributed by atoms with E-state index in [0.717, 1.165) is 17.7 Å². The molecule has 0 saturated carbocycles. The first kappa shape index (κ1) is 11.9. The topological polar surface area (TPSA) is 52.0 Å². The molecule has 0 spiro atoms. The summed E-state index contributed by atoms with van der Waals surface area (Å²) in [7, 11) is 0. The molecule has 1 atom stereocenters. The number of nitrogens with two attached hydrogens (primary N) is 1. The second-order valence-electron chi connectivity index (χ2n) is 4.66. The van der Waals surface area contributed by atoms with Crippen molar-refractivity contribution in [3.05, 3.63) is 42.4 Å². The quantitative estimate of drug-likeness (QED) is 0.875. The van der Waals surface area contributed by atoms with E-state index in [4.69, 9.17) is 10.2 Å². The fourth-order valence-corrected chi connectivity index (χ4v) is 1.80. The van der Waals surface area contributed by atoms with Crippen molar-refractivity contribution in [1.82, 2.24) is 4.98 Å². The maximum atomic E-state index is 6.03. The Morgan fingerprint density at radius 1 is 1.24 bits per heavy atom.